The smallest absolute Gasteiger partial charge is 0.270 e. The minimum Gasteiger partial charge on any atom is -0.378 e. The van der Waals surface area contributed by atoms with Crippen LogP contribution in [0.3, 0.4) is 0 Å². The Hall–Kier alpha value is -1.61. The van der Waals surface area contributed by atoms with E-state index in [1.165, 1.54) is 0 Å². The number of rotatable bonds is 3. The number of amides is 2. The van der Waals surface area contributed by atoms with Crippen molar-refractivity contribution in [1.82, 2.24) is 10.9 Å². The van der Waals surface area contributed by atoms with E-state index in [1.54, 1.807) is 24.3 Å². The molecule has 0 heterocycles. The molecule has 7 heteroatoms. The van der Waals surface area contributed by atoms with Crippen LogP contribution in [0.15, 0.2) is 46.9 Å². The molecule has 0 aliphatic rings. The molecule has 0 radical (unpaired) electrons. The lowest BCUT2D eigenvalue weighted by Crippen LogP contribution is -2.41. The summed E-state index contributed by atoms with van der Waals surface area (Å²) in [6.07, 6.45) is 0. The summed E-state index contributed by atoms with van der Waals surface area (Å²) in [7, 11) is 3.79. The molecular formula is C16H15BrIN3O2. The molecule has 0 saturated carbocycles. The maximum absolute atomic E-state index is 12.2. The Balaban J connectivity index is 2.05. The summed E-state index contributed by atoms with van der Waals surface area (Å²) in [6, 6.07) is 12.5. The van der Waals surface area contributed by atoms with Gasteiger partial charge in [-0.1, -0.05) is 22.0 Å². The number of carbonyl (C=O) groups excluding carboxylic acids is 2. The lowest BCUT2D eigenvalue weighted by Gasteiger charge is -2.14. The zero-order valence-electron chi connectivity index (χ0n) is 12.6. The molecule has 2 N–H and O–H groups in total. The number of hydrogen-bond donors (Lipinski definition) is 2. The predicted molar refractivity (Wildman–Crippen MR) is 103 cm³/mol. The summed E-state index contributed by atoms with van der Waals surface area (Å²) in [5.74, 6) is -0.736. The third kappa shape index (κ3) is 4.68. The zero-order valence-corrected chi connectivity index (χ0v) is 16.3. The minimum atomic E-state index is -0.368. The number of benzene rings is 2. The minimum absolute atomic E-state index is 0.368. The number of hydrazine groups is 1. The molecule has 23 heavy (non-hydrogen) atoms. The molecule has 0 aliphatic carbocycles. The molecule has 0 aliphatic heterocycles. The van der Waals surface area contributed by atoms with Gasteiger partial charge in [0.1, 0.15) is 0 Å². The average Bonchev–Trinajstić information content (AvgIpc) is 2.54. The molecule has 2 amide bonds. The second-order valence-corrected chi connectivity index (χ2v) is 7.06. The van der Waals surface area contributed by atoms with Crippen molar-refractivity contribution in [2.24, 2.45) is 0 Å². The third-order valence-corrected chi connectivity index (χ3v) is 4.52. The van der Waals surface area contributed by atoms with Crippen LogP contribution in [0.1, 0.15) is 20.7 Å². The van der Waals surface area contributed by atoms with E-state index in [0.29, 0.717) is 11.1 Å². The number of nitrogens with zero attached hydrogens (tertiary/aromatic N) is 1. The fourth-order valence-corrected chi connectivity index (χ4v) is 2.79. The van der Waals surface area contributed by atoms with Crippen molar-refractivity contribution >= 4 is 56.0 Å². The summed E-state index contributed by atoms with van der Waals surface area (Å²) in [5, 5.41) is 0. The van der Waals surface area contributed by atoms with Crippen LogP contribution in [0.4, 0.5) is 5.69 Å². The van der Waals surface area contributed by atoms with E-state index in [-0.39, 0.29) is 11.8 Å². The first-order valence-electron chi connectivity index (χ1n) is 6.71. The molecule has 2 aromatic rings. The Bertz CT molecular complexity index is 750. The number of nitrogens with one attached hydrogen (secondary N) is 2. The fraction of sp³-hybridized carbons (Fsp3) is 0.125. The molecule has 0 spiro atoms. The van der Waals surface area contributed by atoms with Gasteiger partial charge in [0.2, 0.25) is 0 Å². The molecule has 2 aromatic carbocycles. The van der Waals surface area contributed by atoms with Gasteiger partial charge in [-0.15, -0.1) is 0 Å². The molecule has 0 bridgehead atoms. The Kier molecular flexibility index (Phi) is 6.00. The van der Waals surface area contributed by atoms with Gasteiger partial charge in [0.05, 0.1) is 5.56 Å². The van der Waals surface area contributed by atoms with E-state index in [1.807, 2.05) is 37.2 Å². The van der Waals surface area contributed by atoms with E-state index in [9.17, 15) is 9.59 Å². The van der Waals surface area contributed by atoms with E-state index >= 15 is 0 Å². The van der Waals surface area contributed by atoms with Crippen LogP contribution in [-0.4, -0.2) is 25.9 Å². The van der Waals surface area contributed by atoms with Gasteiger partial charge in [0.25, 0.3) is 11.8 Å². The monoisotopic (exact) mass is 487 g/mol. The quantitative estimate of drug-likeness (QED) is 0.516. The third-order valence-electron chi connectivity index (χ3n) is 3.09. The first-order chi connectivity index (χ1) is 10.9. The summed E-state index contributed by atoms with van der Waals surface area (Å²) in [6.45, 7) is 0. The summed E-state index contributed by atoms with van der Waals surface area (Å²) < 4.78 is 1.60. The van der Waals surface area contributed by atoms with Crippen LogP contribution in [0.2, 0.25) is 0 Å². The summed E-state index contributed by atoms with van der Waals surface area (Å²) in [4.78, 5) is 26.2. The Morgan fingerprint density at radius 3 is 2.43 bits per heavy atom. The number of carbonyl (C=O) groups is 2. The zero-order chi connectivity index (χ0) is 17.0. The highest BCUT2D eigenvalue weighted by molar-refractivity contribution is 14.1. The Morgan fingerprint density at radius 2 is 1.74 bits per heavy atom. The van der Waals surface area contributed by atoms with Crippen LogP contribution in [0.25, 0.3) is 0 Å². The van der Waals surface area contributed by atoms with Crippen LogP contribution in [0, 0.1) is 3.57 Å². The van der Waals surface area contributed by atoms with Gasteiger partial charge in [-0.3, -0.25) is 20.4 Å². The number of anilines is 1. The predicted octanol–water partition coefficient (Wildman–Crippen LogP) is 3.19. The maximum Gasteiger partial charge on any atom is 0.270 e. The fourth-order valence-electron chi connectivity index (χ4n) is 1.85. The van der Waals surface area contributed by atoms with E-state index in [4.69, 9.17) is 0 Å². The van der Waals surface area contributed by atoms with E-state index in [2.05, 4.69) is 49.4 Å². The van der Waals surface area contributed by atoms with E-state index < -0.39 is 0 Å². The lowest BCUT2D eigenvalue weighted by atomic mass is 10.2. The highest BCUT2D eigenvalue weighted by Gasteiger charge is 2.12. The maximum atomic E-state index is 12.2. The molecular weight excluding hydrogens is 473 g/mol. The van der Waals surface area contributed by atoms with Crippen molar-refractivity contribution in [2.45, 2.75) is 0 Å². The molecule has 0 aromatic heterocycles. The van der Waals surface area contributed by atoms with Gasteiger partial charge < -0.3 is 4.90 Å². The Morgan fingerprint density at radius 1 is 1.04 bits per heavy atom. The molecule has 0 atom stereocenters. The molecule has 120 valence electrons. The Labute approximate surface area is 156 Å². The largest absolute Gasteiger partial charge is 0.378 e. The normalized spacial score (nSPS) is 10.1. The number of hydrogen-bond acceptors (Lipinski definition) is 3. The highest BCUT2D eigenvalue weighted by Crippen LogP contribution is 2.18. The van der Waals surface area contributed by atoms with Crippen molar-refractivity contribution in [3.63, 3.8) is 0 Å². The average molecular weight is 488 g/mol. The molecule has 5 nitrogen and oxygen atoms in total. The van der Waals surface area contributed by atoms with Crippen LogP contribution >= 0.6 is 38.5 Å². The molecule has 2 rings (SSSR count). The van der Waals surface area contributed by atoms with Gasteiger partial charge in [0.15, 0.2) is 0 Å². The van der Waals surface area contributed by atoms with Crippen LogP contribution in [0.5, 0.6) is 0 Å². The van der Waals surface area contributed by atoms with Crippen LogP contribution in [-0.2, 0) is 0 Å². The SMILES string of the molecule is CN(C)c1cccc(C(=O)NNC(=O)c2cc(Br)ccc2I)c1. The number of halogens is 2. The topological polar surface area (TPSA) is 61.4 Å². The van der Waals surface area contributed by atoms with Gasteiger partial charge in [-0.05, 0) is 59.0 Å². The van der Waals surface area contributed by atoms with Gasteiger partial charge >= 0.3 is 0 Å². The molecule has 0 fully saturated rings. The van der Waals surface area contributed by atoms with Crippen molar-refractivity contribution in [3.05, 3.63) is 61.6 Å². The first-order valence-corrected chi connectivity index (χ1v) is 8.59. The van der Waals surface area contributed by atoms with Gasteiger partial charge in [0, 0.05) is 33.4 Å². The van der Waals surface area contributed by atoms with Gasteiger partial charge in [-0.2, -0.15) is 0 Å². The van der Waals surface area contributed by atoms with Crippen molar-refractivity contribution < 1.29 is 9.59 Å². The van der Waals surface area contributed by atoms with Crippen molar-refractivity contribution in [3.8, 4) is 0 Å². The standard InChI is InChI=1S/C16H15BrIN3O2/c1-21(2)12-5-3-4-10(8-12)15(22)19-20-16(23)13-9-11(17)6-7-14(13)18/h3-9H,1-2H3,(H,19,22)(H,20,23). The van der Waals surface area contributed by atoms with Gasteiger partial charge in [-0.25, -0.2) is 0 Å². The lowest BCUT2D eigenvalue weighted by molar-refractivity contribution is 0.0846. The highest BCUT2D eigenvalue weighted by atomic mass is 127. The van der Waals surface area contributed by atoms with Crippen molar-refractivity contribution in [1.29, 1.82) is 0 Å². The van der Waals surface area contributed by atoms with Crippen LogP contribution < -0.4 is 15.8 Å². The van der Waals surface area contributed by atoms with E-state index in [0.717, 1.165) is 13.7 Å². The van der Waals surface area contributed by atoms with Crippen molar-refractivity contribution in [2.75, 3.05) is 19.0 Å². The molecule has 0 saturated heterocycles. The summed E-state index contributed by atoms with van der Waals surface area (Å²) in [5.41, 5.74) is 6.74. The molecule has 0 unspecified atom stereocenters. The second-order valence-electron chi connectivity index (χ2n) is 4.98. The first kappa shape index (κ1) is 17.7. The summed E-state index contributed by atoms with van der Waals surface area (Å²) >= 11 is 5.40. The second kappa shape index (κ2) is 7.78.